The van der Waals surface area contributed by atoms with E-state index < -0.39 is 0 Å². The summed E-state index contributed by atoms with van der Waals surface area (Å²) in [5, 5.41) is 0. The Morgan fingerprint density at radius 1 is 0.370 bits per heavy atom. The van der Waals surface area contributed by atoms with E-state index in [1.54, 1.807) is 0 Å². The predicted molar refractivity (Wildman–Crippen MR) is 203 cm³/mol. The Morgan fingerprint density at radius 2 is 0.587 bits per heavy atom. The number of allylic oxidation sites excluding steroid dienone is 4. The van der Waals surface area contributed by atoms with Gasteiger partial charge in [-0.25, -0.2) is 0 Å². The standard InChI is InChI=1S/C42H80N2O2/c1-3-5-7-9-11-13-15-17-19-21-23-25-27-31-35-39(41(43)45)37-33-29-30-34-38-40(42(44)46)36-32-28-26-24-22-20-18-16-14-12-10-8-6-4-2/h17-20,39-40H,3-16,21-38H2,1-2H3,(H2,43,45)(H2,44,46)/b19-17-,20-18-. The first-order chi connectivity index (χ1) is 22.5. The summed E-state index contributed by atoms with van der Waals surface area (Å²) in [6.45, 7) is 4.54. The van der Waals surface area contributed by atoms with Crippen molar-refractivity contribution in [1.82, 2.24) is 0 Å². The first kappa shape index (κ1) is 44.4. The summed E-state index contributed by atoms with van der Waals surface area (Å²) in [4.78, 5) is 24.0. The highest BCUT2D eigenvalue weighted by molar-refractivity contribution is 5.76. The van der Waals surface area contributed by atoms with Gasteiger partial charge in [0.15, 0.2) is 0 Å². The minimum atomic E-state index is -0.129. The Morgan fingerprint density at radius 3 is 0.826 bits per heavy atom. The van der Waals surface area contributed by atoms with Crippen LogP contribution < -0.4 is 11.5 Å². The van der Waals surface area contributed by atoms with Gasteiger partial charge in [-0.15, -0.1) is 0 Å². The molecule has 0 radical (unpaired) electrons. The molecule has 2 atom stereocenters. The molecule has 2 unspecified atom stereocenters. The molecule has 0 fully saturated rings. The molecule has 0 aromatic heterocycles. The lowest BCUT2D eigenvalue weighted by atomic mass is 9.92. The first-order valence-electron chi connectivity index (χ1n) is 20.4. The molecule has 0 aliphatic carbocycles. The van der Waals surface area contributed by atoms with E-state index >= 15 is 0 Å². The Bertz CT molecular complexity index is 656. The van der Waals surface area contributed by atoms with Gasteiger partial charge in [-0.3, -0.25) is 9.59 Å². The second-order valence-electron chi connectivity index (χ2n) is 14.2. The van der Waals surface area contributed by atoms with Gasteiger partial charge in [0.05, 0.1) is 0 Å². The van der Waals surface area contributed by atoms with Crippen molar-refractivity contribution in [3.63, 3.8) is 0 Å². The Balaban J connectivity index is 3.75. The highest BCUT2D eigenvalue weighted by atomic mass is 16.1. The maximum atomic E-state index is 12.0. The van der Waals surface area contributed by atoms with Crippen molar-refractivity contribution in [2.24, 2.45) is 23.3 Å². The molecule has 0 saturated carbocycles. The molecular formula is C42H80N2O2. The molecule has 0 bridgehead atoms. The third kappa shape index (κ3) is 32.4. The molecule has 4 N–H and O–H groups in total. The van der Waals surface area contributed by atoms with Gasteiger partial charge in [-0.2, -0.15) is 0 Å². The van der Waals surface area contributed by atoms with Crippen molar-refractivity contribution in [3.05, 3.63) is 24.3 Å². The fourth-order valence-corrected chi connectivity index (χ4v) is 6.56. The van der Waals surface area contributed by atoms with Crippen LogP contribution in [0.4, 0.5) is 0 Å². The maximum absolute atomic E-state index is 12.0. The number of rotatable bonds is 37. The highest BCUT2D eigenvalue weighted by Gasteiger charge is 2.16. The van der Waals surface area contributed by atoms with E-state index in [-0.39, 0.29) is 23.7 Å². The summed E-state index contributed by atoms with van der Waals surface area (Å²) >= 11 is 0. The Kier molecular flexibility index (Phi) is 35.0. The van der Waals surface area contributed by atoms with Gasteiger partial charge in [0.1, 0.15) is 0 Å². The van der Waals surface area contributed by atoms with Crippen LogP contribution in [0, 0.1) is 11.8 Å². The van der Waals surface area contributed by atoms with Gasteiger partial charge in [0.2, 0.25) is 11.8 Å². The zero-order chi connectivity index (χ0) is 33.8. The monoisotopic (exact) mass is 645 g/mol. The molecule has 0 heterocycles. The van der Waals surface area contributed by atoms with Crippen LogP contribution in [0.15, 0.2) is 24.3 Å². The van der Waals surface area contributed by atoms with Crippen LogP contribution >= 0.6 is 0 Å². The van der Waals surface area contributed by atoms with E-state index in [1.807, 2.05) is 0 Å². The van der Waals surface area contributed by atoms with Crippen LogP contribution in [0.1, 0.15) is 219 Å². The molecule has 46 heavy (non-hydrogen) atoms. The van der Waals surface area contributed by atoms with Crippen molar-refractivity contribution in [2.45, 2.75) is 219 Å². The van der Waals surface area contributed by atoms with Crippen molar-refractivity contribution in [2.75, 3.05) is 0 Å². The number of amides is 2. The van der Waals surface area contributed by atoms with E-state index in [2.05, 4.69) is 38.2 Å². The topological polar surface area (TPSA) is 86.2 Å². The minimum Gasteiger partial charge on any atom is -0.369 e. The number of carbonyl (C=O) groups excluding carboxylic acids is 2. The molecule has 4 heteroatoms. The molecule has 2 amide bonds. The van der Waals surface area contributed by atoms with Gasteiger partial charge >= 0.3 is 0 Å². The fourth-order valence-electron chi connectivity index (χ4n) is 6.56. The summed E-state index contributed by atoms with van der Waals surface area (Å²) in [5.74, 6) is -0.219. The van der Waals surface area contributed by atoms with Crippen LogP contribution in [0.25, 0.3) is 0 Å². The number of hydrogen-bond donors (Lipinski definition) is 2. The molecule has 4 nitrogen and oxygen atoms in total. The third-order valence-electron chi connectivity index (χ3n) is 9.79. The van der Waals surface area contributed by atoms with Crippen LogP contribution in [-0.2, 0) is 9.59 Å². The smallest absolute Gasteiger partial charge is 0.220 e. The summed E-state index contributed by atoms with van der Waals surface area (Å²) in [5.41, 5.74) is 11.5. The Labute approximate surface area is 287 Å². The number of unbranched alkanes of at least 4 members (excludes halogenated alkanes) is 23. The maximum Gasteiger partial charge on any atom is 0.220 e. The second kappa shape index (κ2) is 36.3. The van der Waals surface area contributed by atoms with E-state index in [0.29, 0.717) is 0 Å². The molecule has 0 aromatic rings. The molecule has 270 valence electrons. The second-order valence-corrected chi connectivity index (χ2v) is 14.2. The highest BCUT2D eigenvalue weighted by Crippen LogP contribution is 2.21. The molecule has 0 aliphatic rings. The van der Waals surface area contributed by atoms with Crippen LogP contribution in [-0.4, -0.2) is 11.8 Å². The molecule has 0 aromatic carbocycles. The van der Waals surface area contributed by atoms with Crippen molar-refractivity contribution < 1.29 is 9.59 Å². The summed E-state index contributed by atoms with van der Waals surface area (Å²) in [6, 6.07) is 0. The largest absolute Gasteiger partial charge is 0.369 e. The number of nitrogens with two attached hydrogens (primary N) is 2. The summed E-state index contributed by atoms with van der Waals surface area (Å²) in [7, 11) is 0. The van der Waals surface area contributed by atoms with Gasteiger partial charge in [-0.1, -0.05) is 167 Å². The van der Waals surface area contributed by atoms with E-state index in [1.165, 1.54) is 141 Å². The normalized spacial score (nSPS) is 13.2. The number of carbonyl (C=O) groups is 2. The fraction of sp³-hybridized carbons (Fsp3) is 0.857. The lowest BCUT2D eigenvalue weighted by Gasteiger charge is -2.14. The lowest BCUT2D eigenvalue weighted by Crippen LogP contribution is -2.23. The van der Waals surface area contributed by atoms with Crippen molar-refractivity contribution >= 4 is 11.8 Å². The summed E-state index contributed by atoms with van der Waals surface area (Å²) in [6.07, 6.45) is 48.3. The molecular weight excluding hydrogens is 564 g/mol. The van der Waals surface area contributed by atoms with Gasteiger partial charge in [0.25, 0.3) is 0 Å². The quantitative estimate of drug-likeness (QED) is 0.0520. The van der Waals surface area contributed by atoms with Crippen molar-refractivity contribution in [1.29, 1.82) is 0 Å². The van der Waals surface area contributed by atoms with E-state index in [9.17, 15) is 9.59 Å². The zero-order valence-electron chi connectivity index (χ0n) is 31.1. The third-order valence-corrected chi connectivity index (χ3v) is 9.79. The molecule has 0 aliphatic heterocycles. The zero-order valence-corrected chi connectivity index (χ0v) is 31.1. The first-order valence-corrected chi connectivity index (χ1v) is 20.4. The van der Waals surface area contributed by atoms with E-state index in [0.717, 1.165) is 64.2 Å². The van der Waals surface area contributed by atoms with E-state index in [4.69, 9.17) is 11.5 Å². The predicted octanol–water partition coefficient (Wildman–Crippen LogP) is 12.8. The Hall–Kier alpha value is -1.58. The SMILES string of the molecule is CCCCCCCC/C=C\CCCCCCC(CCCCCCC(CCCCCC/C=C\CCCCCCCC)C(N)=O)C(N)=O. The van der Waals surface area contributed by atoms with Crippen molar-refractivity contribution in [3.8, 4) is 0 Å². The number of primary amides is 2. The minimum absolute atomic E-state index is 0.0198. The van der Waals surface area contributed by atoms with Gasteiger partial charge in [-0.05, 0) is 77.0 Å². The average Bonchev–Trinajstić information content (AvgIpc) is 3.04. The molecule has 0 spiro atoms. The van der Waals surface area contributed by atoms with Crippen LogP contribution in [0.3, 0.4) is 0 Å². The average molecular weight is 645 g/mol. The lowest BCUT2D eigenvalue weighted by molar-refractivity contribution is -0.123. The van der Waals surface area contributed by atoms with Gasteiger partial charge in [0, 0.05) is 11.8 Å². The summed E-state index contributed by atoms with van der Waals surface area (Å²) < 4.78 is 0. The van der Waals surface area contributed by atoms with Crippen LogP contribution in [0.5, 0.6) is 0 Å². The van der Waals surface area contributed by atoms with Gasteiger partial charge < -0.3 is 11.5 Å². The van der Waals surface area contributed by atoms with Crippen LogP contribution in [0.2, 0.25) is 0 Å². The molecule has 0 rings (SSSR count). The molecule has 0 saturated heterocycles. The number of hydrogen-bond acceptors (Lipinski definition) is 2.